The number of aromatic hydroxyl groups is 1. The summed E-state index contributed by atoms with van der Waals surface area (Å²) in [7, 11) is 0. The van der Waals surface area contributed by atoms with Crippen molar-refractivity contribution in [2.75, 3.05) is 0 Å². The summed E-state index contributed by atoms with van der Waals surface area (Å²) in [4.78, 5) is 0. The zero-order valence-corrected chi connectivity index (χ0v) is 9.63. The van der Waals surface area contributed by atoms with Gasteiger partial charge in [-0.15, -0.1) is 12.4 Å². The Morgan fingerprint density at radius 1 is 1.05 bits per heavy atom. The third kappa shape index (κ3) is 3.63. The van der Waals surface area contributed by atoms with Crippen molar-refractivity contribution in [2.24, 2.45) is 5.73 Å². The highest BCUT2D eigenvalue weighted by molar-refractivity contribution is 5.85. The Hall–Kier alpha value is -1.22. The van der Waals surface area contributed by atoms with Crippen LogP contribution in [-0.4, -0.2) is 11.3 Å². The lowest BCUT2D eigenvalue weighted by molar-refractivity contribution is -0.156. The van der Waals surface area contributed by atoms with Crippen LogP contribution in [0.25, 0.3) is 0 Å². The summed E-state index contributed by atoms with van der Waals surface area (Å²) in [6.45, 7) is 0. The predicted molar refractivity (Wildman–Crippen MR) is 53.3 cm³/mol. The molecule has 110 valence electrons. The Balaban J connectivity index is 0.00000324. The van der Waals surface area contributed by atoms with Crippen LogP contribution in [0, 0.1) is 5.82 Å². The van der Waals surface area contributed by atoms with Gasteiger partial charge in [0.25, 0.3) is 0 Å². The van der Waals surface area contributed by atoms with E-state index in [2.05, 4.69) is 5.73 Å². The fraction of sp³-hybridized carbons (Fsp3) is 0.333. The summed E-state index contributed by atoms with van der Waals surface area (Å²) in [6, 6.07) is -2.83. The average Bonchev–Trinajstić information content (AvgIpc) is 2.17. The molecular weight excluding hydrogens is 307 g/mol. The van der Waals surface area contributed by atoms with E-state index in [1.54, 1.807) is 0 Å². The largest absolute Gasteiger partial charge is 0.505 e. The highest BCUT2D eigenvalue weighted by atomic mass is 35.5. The average molecular weight is 314 g/mol. The van der Waals surface area contributed by atoms with Gasteiger partial charge >= 0.3 is 12.4 Å². The third-order valence-electron chi connectivity index (χ3n) is 2.14. The zero-order chi connectivity index (χ0) is 14.3. The molecule has 0 heterocycles. The van der Waals surface area contributed by atoms with E-state index in [1.165, 1.54) is 0 Å². The third-order valence-corrected chi connectivity index (χ3v) is 2.14. The molecule has 1 aromatic carbocycles. The minimum absolute atomic E-state index is 0. The number of rotatable bonds is 1. The maximum atomic E-state index is 12.9. The summed E-state index contributed by atoms with van der Waals surface area (Å²) in [6.07, 6.45) is -10.4. The second-order valence-electron chi connectivity index (χ2n) is 3.37. The molecule has 0 bridgehead atoms. The summed E-state index contributed by atoms with van der Waals surface area (Å²) >= 11 is 0. The molecule has 0 aliphatic rings. The molecule has 0 aliphatic carbocycles. The van der Waals surface area contributed by atoms with Gasteiger partial charge in [0.2, 0.25) is 0 Å². The van der Waals surface area contributed by atoms with Crippen molar-refractivity contribution in [3.8, 4) is 5.75 Å². The normalized spacial score (nSPS) is 13.9. The molecule has 1 rings (SSSR count). The van der Waals surface area contributed by atoms with Crippen molar-refractivity contribution >= 4 is 12.4 Å². The molecule has 0 saturated carbocycles. The van der Waals surface area contributed by atoms with Crippen LogP contribution in [0.2, 0.25) is 0 Å². The topological polar surface area (TPSA) is 46.2 Å². The van der Waals surface area contributed by atoms with Gasteiger partial charge in [0.05, 0.1) is 5.56 Å². The second kappa shape index (κ2) is 5.41. The fourth-order valence-electron chi connectivity index (χ4n) is 1.31. The summed E-state index contributed by atoms with van der Waals surface area (Å²) in [5.41, 5.74) is 1.03. The van der Waals surface area contributed by atoms with E-state index in [-0.39, 0.29) is 24.5 Å². The van der Waals surface area contributed by atoms with E-state index in [1.807, 2.05) is 0 Å². The molecule has 0 saturated heterocycles. The van der Waals surface area contributed by atoms with E-state index in [0.29, 0.717) is 0 Å². The number of nitrogens with two attached hydrogens (primary N) is 1. The van der Waals surface area contributed by atoms with E-state index >= 15 is 0 Å². The van der Waals surface area contributed by atoms with Crippen LogP contribution in [0.3, 0.4) is 0 Å². The van der Waals surface area contributed by atoms with E-state index in [9.17, 15) is 30.7 Å². The Bertz CT molecular complexity index is 457. The molecule has 1 aromatic rings. The monoisotopic (exact) mass is 313 g/mol. The standard InChI is InChI=1S/C9H6F7NO.ClH/c10-4-2-1-3(8(11,12)13)5(6(4)18)7(17)9(14,15)16;/h1-2,7,18H,17H2;1H/t7-;/m1./s1. The molecule has 0 fully saturated rings. The van der Waals surface area contributed by atoms with Crippen molar-refractivity contribution in [1.82, 2.24) is 0 Å². The van der Waals surface area contributed by atoms with Crippen molar-refractivity contribution < 1.29 is 35.8 Å². The molecule has 0 unspecified atom stereocenters. The molecule has 19 heavy (non-hydrogen) atoms. The second-order valence-corrected chi connectivity index (χ2v) is 3.37. The first kappa shape index (κ1) is 17.8. The minimum atomic E-state index is -5.24. The van der Waals surface area contributed by atoms with Gasteiger partial charge in [0.15, 0.2) is 11.6 Å². The van der Waals surface area contributed by atoms with Crippen molar-refractivity contribution in [3.63, 3.8) is 0 Å². The Kier molecular flexibility index (Phi) is 5.07. The van der Waals surface area contributed by atoms with E-state index in [4.69, 9.17) is 5.11 Å². The van der Waals surface area contributed by atoms with Gasteiger partial charge in [-0.3, -0.25) is 0 Å². The molecular formula is C9H7ClF7NO. The molecule has 0 amide bonds. The fourth-order valence-corrected chi connectivity index (χ4v) is 1.31. The Morgan fingerprint density at radius 3 is 1.89 bits per heavy atom. The molecule has 0 radical (unpaired) electrons. The molecule has 1 atom stereocenters. The van der Waals surface area contributed by atoms with Crippen LogP contribution in [-0.2, 0) is 6.18 Å². The first-order valence-corrected chi connectivity index (χ1v) is 4.37. The Morgan fingerprint density at radius 2 is 1.53 bits per heavy atom. The molecule has 2 nitrogen and oxygen atoms in total. The highest BCUT2D eigenvalue weighted by Crippen LogP contribution is 2.43. The summed E-state index contributed by atoms with van der Waals surface area (Å²) < 4.78 is 87.1. The maximum absolute atomic E-state index is 12.9. The smallest absolute Gasteiger partial charge is 0.416 e. The van der Waals surface area contributed by atoms with Crippen molar-refractivity contribution in [3.05, 3.63) is 29.1 Å². The molecule has 0 aliphatic heterocycles. The van der Waals surface area contributed by atoms with Crippen LogP contribution in [0.15, 0.2) is 12.1 Å². The van der Waals surface area contributed by atoms with Crippen LogP contribution in [0.5, 0.6) is 5.75 Å². The predicted octanol–water partition coefficient (Wildman–Crippen LogP) is 3.53. The number of hydrogen-bond acceptors (Lipinski definition) is 2. The lowest BCUT2D eigenvalue weighted by Gasteiger charge is -2.21. The van der Waals surface area contributed by atoms with Gasteiger partial charge < -0.3 is 10.8 Å². The van der Waals surface area contributed by atoms with Crippen LogP contribution < -0.4 is 5.73 Å². The molecule has 0 spiro atoms. The van der Waals surface area contributed by atoms with Gasteiger partial charge in [-0.05, 0) is 12.1 Å². The van der Waals surface area contributed by atoms with Gasteiger partial charge in [-0.25, -0.2) is 4.39 Å². The molecule has 3 N–H and O–H groups in total. The number of phenols is 1. The number of alkyl halides is 6. The summed E-state index contributed by atoms with van der Waals surface area (Å²) in [5.74, 6) is -3.37. The van der Waals surface area contributed by atoms with Gasteiger partial charge in [0, 0.05) is 5.56 Å². The van der Waals surface area contributed by atoms with Crippen LogP contribution in [0.4, 0.5) is 30.7 Å². The zero-order valence-electron chi connectivity index (χ0n) is 8.81. The molecule has 10 heteroatoms. The van der Waals surface area contributed by atoms with Crippen molar-refractivity contribution in [2.45, 2.75) is 18.4 Å². The lowest BCUT2D eigenvalue weighted by Crippen LogP contribution is -2.31. The number of phenolic OH excluding ortho intramolecular Hbond substituents is 1. The van der Waals surface area contributed by atoms with Crippen LogP contribution in [0.1, 0.15) is 17.2 Å². The van der Waals surface area contributed by atoms with Gasteiger partial charge in [0.1, 0.15) is 6.04 Å². The summed E-state index contributed by atoms with van der Waals surface area (Å²) in [5, 5.41) is 9.02. The van der Waals surface area contributed by atoms with Crippen LogP contribution >= 0.6 is 12.4 Å². The first-order chi connectivity index (χ1) is 7.96. The number of halogens is 8. The maximum Gasteiger partial charge on any atom is 0.416 e. The molecule has 0 aromatic heterocycles. The lowest BCUT2D eigenvalue weighted by atomic mass is 9.98. The Labute approximate surface area is 108 Å². The number of benzene rings is 1. The minimum Gasteiger partial charge on any atom is -0.505 e. The van der Waals surface area contributed by atoms with E-state index < -0.39 is 41.1 Å². The highest BCUT2D eigenvalue weighted by Gasteiger charge is 2.45. The van der Waals surface area contributed by atoms with E-state index in [0.717, 1.165) is 0 Å². The van der Waals surface area contributed by atoms with Crippen molar-refractivity contribution in [1.29, 1.82) is 0 Å². The quantitative estimate of drug-likeness (QED) is 0.779. The SMILES string of the molecule is Cl.N[C@H](c1c(C(F)(F)F)ccc(F)c1O)C(F)(F)F. The first-order valence-electron chi connectivity index (χ1n) is 4.37. The van der Waals surface area contributed by atoms with Gasteiger partial charge in [-0.1, -0.05) is 0 Å². The number of hydrogen-bond donors (Lipinski definition) is 2. The van der Waals surface area contributed by atoms with Gasteiger partial charge in [-0.2, -0.15) is 26.3 Å².